The maximum Gasteiger partial charge on any atom is 0.127 e. The molecule has 0 fully saturated rings. The highest BCUT2D eigenvalue weighted by Crippen LogP contribution is 2.42. The zero-order chi connectivity index (χ0) is 19.6. The molecule has 0 amide bonds. The number of aromatic hydroxyl groups is 1. The largest absolute Gasteiger partial charge is 0.507 e. The fourth-order valence-electron chi connectivity index (χ4n) is 4.48. The van der Waals surface area contributed by atoms with E-state index in [0.29, 0.717) is 5.75 Å². The predicted octanol–water partition coefficient (Wildman–Crippen LogP) is 7.46. The number of hydrogen-bond acceptors (Lipinski definition) is 2. The molecule has 0 atom stereocenters. The van der Waals surface area contributed by atoms with Gasteiger partial charge in [-0.3, -0.25) is 0 Å². The minimum Gasteiger partial charge on any atom is -0.507 e. The number of benzene rings is 2. The second kappa shape index (κ2) is 11.1. The van der Waals surface area contributed by atoms with Gasteiger partial charge in [-0.25, -0.2) is 0 Å². The minimum atomic E-state index is 0.506. The van der Waals surface area contributed by atoms with Crippen molar-refractivity contribution in [2.75, 3.05) is 7.11 Å². The Morgan fingerprint density at radius 2 is 1.25 bits per heavy atom. The molecule has 1 N–H and O–H groups in total. The molecule has 3 rings (SSSR count). The van der Waals surface area contributed by atoms with E-state index in [1.807, 2.05) is 6.07 Å². The Balaban J connectivity index is 1.93. The van der Waals surface area contributed by atoms with Gasteiger partial charge in [0.25, 0.3) is 0 Å². The first-order valence-corrected chi connectivity index (χ1v) is 11.3. The van der Waals surface area contributed by atoms with Crippen molar-refractivity contribution < 1.29 is 9.84 Å². The van der Waals surface area contributed by atoms with Gasteiger partial charge in [0, 0.05) is 11.1 Å². The molecule has 0 aromatic heterocycles. The van der Waals surface area contributed by atoms with Gasteiger partial charge in [0.15, 0.2) is 0 Å². The van der Waals surface area contributed by atoms with Crippen molar-refractivity contribution in [3.63, 3.8) is 0 Å². The summed E-state index contributed by atoms with van der Waals surface area (Å²) in [5.41, 5.74) is 4.34. The van der Waals surface area contributed by atoms with Crippen LogP contribution in [0.15, 0.2) is 36.4 Å². The average molecular weight is 381 g/mol. The van der Waals surface area contributed by atoms with Crippen LogP contribution in [-0.4, -0.2) is 12.2 Å². The Morgan fingerprint density at radius 1 is 0.714 bits per heavy atom. The minimum absolute atomic E-state index is 0.506. The predicted molar refractivity (Wildman–Crippen MR) is 118 cm³/mol. The van der Waals surface area contributed by atoms with Crippen LogP contribution in [0.25, 0.3) is 11.1 Å². The summed E-state index contributed by atoms with van der Waals surface area (Å²) < 4.78 is 5.81. The molecule has 2 bridgehead atoms. The fraction of sp³-hybridized carbons (Fsp3) is 0.538. The normalized spacial score (nSPS) is 17.2. The first-order valence-electron chi connectivity index (χ1n) is 11.3. The Morgan fingerprint density at radius 3 is 1.82 bits per heavy atom. The summed E-state index contributed by atoms with van der Waals surface area (Å²) in [5, 5.41) is 11.2. The molecule has 0 saturated carbocycles. The van der Waals surface area contributed by atoms with Gasteiger partial charge in [0.2, 0.25) is 0 Å². The van der Waals surface area contributed by atoms with Gasteiger partial charge < -0.3 is 9.84 Å². The van der Waals surface area contributed by atoms with Gasteiger partial charge in [-0.05, 0) is 42.9 Å². The van der Waals surface area contributed by atoms with Crippen LogP contribution in [-0.2, 0) is 12.8 Å². The third kappa shape index (κ3) is 5.53. The maximum atomic E-state index is 11.2. The van der Waals surface area contributed by atoms with Crippen LogP contribution in [0.3, 0.4) is 0 Å². The van der Waals surface area contributed by atoms with Crippen molar-refractivity contribution in [3.8, 4) is 22.6 Å². The molecule has 0 heterocycles. The first kappa shape index (κ1) is 20.8. The lowest BCUT2D eigenvalue weighted by Crippen LogP contribution is -2.00. The van der Waals surface area contributed by atoms with E-state index in [0.717, 1.165) is 53.7 Å². The highest BCUT2D eigenvalue weighted by atomic mass is 16.5. The fourth-order valence-corrected chi connectivity index (χ4v) is 4.48. The van der Waals surface area contributed by atoms with E-state index < -0.39 is 0 Å². The molecule has 2 heteroatoms. The molecule has 1 aliphatic carbocycles. The van der Waals surface area contributed by atoms with Crippen LogP contribution >= 0.6 is 0 Å². The Kier molecular flexibility index (Phi) is 8.26. The van der Waals surface area contributed by atoms with Crippen molar-refractivity contribution in [1.82, 2.24) is 0 Å². The summed E-state index contributed by atoms with van der Waals surface area (Å²) in [6.07, 6.45) is 16.1. The number of phenolic OH excluding ortho intramolecular Hbond substituents is 1. The lowest BCUT2D eigenvalue weighted by atomic mass is 9.90. The summed E-state index contributed by atoms with van der Waals surface area (Å²) in [7, 11) is 1.75. The van der Waals surface area contributed by atoms with Crippen LogP contribution in [0.1, 0.15) is 81.8 Å². The van der Waals surface area contributed by atoms with Crippen LogP contribution in [0.5, 0.6) is 11.5 Å². The van der Waals surface area contributed by atoms with E-state index in [2.05, 4.69) is 30.3 Å². The number of ether oxygens (including phenoxy) is 1. The number of phenols is 1. The molecule has 1 aliphatic rings. The number of fused-ring (bicyclic) bond motifs is 2. The smallest absolute Gasteiger partial charge is 0.127 e. The van der Waals surface area contributed by atoms with Gasteiger partial charge in [0.1, 0.15) is 11.5 Å². The first-order chi connectivity index (χ1) is 13.8. The molecule has 0 spiro atoms. The second-order valence-electron chi connectivity index (χ2n) is 8.20. The van der Waals surface area contributed by atoms with E-state index in [1.165, 1.54) is 57.8 Å². The van der Waals surface area contributed by atoms with Crippen molar-refractivity contribution in [3.05, 3.63) is 47.5 Å². The summed E-state index contributed by atoms with van der Waals surface area (Å²) in [5.74, 6) is 1.40. The van der Waals surface area contributed by atoms with Crippen LogP contribution in [0, 0.1) is 0 Å². The highest BCUT2D eigenvalue weighted by Gasteiger charge is 2.19. The van der Waals surface area contributed by atoms with Crippen LogP contribution in [0.2, 0.25) is 0 Å². The van der Waals surface area contributed by atoms with E-state index in [1.54, 1.807) is 7.11 Å². The SMILES string of the molecule is COc1cc2c(O)c(c1-c1ccccc1)CCCCCCCCCCCCC2. The average Bonchev–Trinajstić information content (AvgIpc) is 2.73. The van der Waals surface area contributed by atoms with Crippen LogP contribution < -0.4 is 4.74 Å². The summed E-state index contributed by atoms with van der Waals surface area (Å²) in [4.78, 5) is 0. The molecule has 2 nitrogen and oxygen atoms in total. The molecular weight excluding hydrogens is 344 g/mol. The Hall–Kier alpha value is -1.96. The molecule has 0 aliphatic heterocycles. The van der Waals surface area contributed by atoms with Gasteiger partial charge in [-0.2, -0.15) is 0 Å². The maximum absolute atomic E-state index is 11.2. The van der Waals surface area contributed by atoms with Gasteiger partial charge in [0.05, 0.1) is 7.11 Å². The number of aryl methyl sites for hydroxylation is 1. The molecular formula is C26H36O2. The van der Waals surface area contributed by atoms with Gasteiger partial charge >= 0.3 is 0 Å². The molecule has 0 saturated heterocycles. The molecule has 152 valence electrons. The van der Waals surface area contributed by atoms with Gasteiger partial charge in [-0.1, -0.05) is 88.1 Å². The van der Waals surface area contributed by atoms with Crippen molar-refractivity contribution >= 4 is 0 Å². The molecule has 28 heavy (non-hydrogen) atoms. The van der Waals surface area contributed by atoms with E-state index in [-0.39, 0.29) is 0 Å². The van der Waals surface area contributed by atoms with Crippen molar-refractivity contribution in [2.45, 2.75) is 83.5 Å². The molecule has 0 radical (unpaired) electrons. The molecule has 2 aromatic rings. The Labute approximate surface area is 170 Å². The topological polar surface area (TPSA) is 29.5 Å². The molecule has 0 unspecified atom stereocenters. The molecule has 2 aromatic carbocycles. The van der Waals surface area contributed by atoms with Crippen LogP contribution in [0.4, 0.5) is 0 Å². The van der Waals surface area contributed by atoms with E-state index in [9.17, 15) is 5.11 Å². The van der Waals surface area contributed by atoms with Crippen molar-refractivity contribution in [1.29, 1.82) is 0 Å². The van der Waals surface area contributed by atoms with E-state index >= 15 is 0 Å². The summed E-state index contributed by atoms with van der Waals surface area (Å²) in [6, 6.07) is 12.5. The number of rotatable bonds is 2. The summed E-state index contributed by atoms with van der Waals surface area (Å²) in [6.45, 7) is 0. The zero-order valence-electron chi connectivity index (χ0n) is 17.5. The third-order valence-electron chi connectivity index (χ3n) is 6.10. The lowest BCUT2D eigenvalue weighted by Gasteiger charge is -2.19. The monoisotopic (exact) mass is 380 g/mol. The summed E-state index contributed by atoms with van der Waals surface area (Å²) >= 11 is 0. The van der Waals surface area contributed by atoms with E-state index in [4.69, 9.17) is 4.74 Å². The Bertz CT molecular complexity index is 721. The lowest BCUT2D eigenvalue weighted by molar-refractivity contribution is 0.410. The van der Waals surface area contributed by atoms with Crippen molar-refractivity contribution in [2.24, 2.45) is 0 Å². The number of hydrogen-bond donors (Lipinski definition) is 1. The second-order valence-corrected chi connectivity index (χ2v) is 8.20. The van der Waals surface area contributed by atoms with Gasteiger partial charge in [-0.15, -0.1) is 0 Å². The quantitative estimate of drug-likeness (QED) is 0.586. The third-order valence-corrected chi connectivity index (χ3v) is 6.10. The zero-order valence-corrected chi connectivity index (χ0v) is 17.5. The highest BCUT2D eigenvalue weighted by molar-refractivity contribution is 5.77. The standard InChI is InChI=1S/C26H36O2/c1-28-24-20-22-18-12-9-7-5-3-2-4-6-8-10-15-19-23(26(22)27)25(24)21-16-13-11-14-17-21/h11,13-14,16-17,20,27H,2-10,12,15,18-19H2,1H3. The number of methoxy groups -OCH3 is 1.